The van der Waals surface area contributed by atoms with Crippen molar-refractivity contribution in [1.29, 1.82) is 0 Å². The molecule has 0 atom stereocenters. The zero-order valence-electron chi connectivity index (χ0n) is 17.5. The first-order chi connectivity index (χ1) is 14.1. The van der Waals surface area contributed by atoms with E-state index in [2.05, 4.69) is 130 Å². The van der Waals surface area contributed by atoms with E-state index in [1.54, 1.807) is 0 Å². The van der Waals surface area contributed by atoms with Crippen LogP contribution >= 0.6 is 6.60 Å². The number of benzene rings is 4. The van der Waals surface area contributed by atoms with Gasteiger partial charge in [-0.1, -0.05) is 0 Å². The fraction of sp³-hybridized carbons (Fsp3) is 0.143. The maximum absolute atomic E-state index is 2.91. The summed E-state index contributed by atoms with van der Waals surface area (Å²) in [6.07, 6.45) is 1.05. The minimum absolute atomic E-state index is 1.05. The molecule has 4 aromatic carbocycles. The van der Waals surface area contributed by atoms with Gasteiger partial charge in [0, 0.05) is 0 Å². The van der Waals surface area contributed by atoms with Gasteiger partial charge in [-0.15, -0.1) is 0 Å². The van der Waals surface area contributed by atoms with Crippen molar-refractivity contribution < 1.29 is 0 Å². The van der Waals surface area contributed by atoms with Gasteiger partial charge in [-0.2, -0.15) is 0 Å². The Hall–Kier alpha value is -2.69. The van der Waals surface area contributed by atoms with Crippen molar-refractivity contribution in [1.82, 2.24) is 0 Å². The summed E-state index contributed by atoms with van der Waals surface area (Å²) in [6.45, 7) is 3.91. The zero-order valence-corrected chi connectivity index (χ0v) is 18.4. The van der Waals surface area contributed by atoms with E-state index in [4.69, 9.17) is 0 Å². The summed E-state index contributed by atoms with van der Waals surface area (Å²) < 4.78 is 0. The van der Waals surface area contributed by atoms with Crippen molar-refractivity contribution in [2.45, 2.75) is 20.8 Å². The van der Waals surface area contributed by atoms with Gasteiger partial charge in [-0.3, -0.25) is 0 Å². The fourth-order valence-electron chi connectivity index (χ4n) is 5.13. The Morgan fingerprint density at radius 3 is 1.14 bits per heavy atom. The summed E-state index contributed by atoms with van der Waals surface area (Å²) in [5.41, 5.74) is 2.65. The number of aryl methyl sites for hydroxylation is 2. The van der Waals surface area contributed by atoms with Crippen LogP contribution in [0.4, 0.5) is 0 Å². The second-order valence-electron chi connectivity index (χ2n) is 7.97. The molecule has 4 rings (SSSR count). The molecule has 0 aliphatic heterocycles. The Bertz CT molecular complexity index is 979. The van der Waals surface area contributed by atoms with Crippen molar-refractivity contribution >= 4 is 27.8 Å². The summed E-state index contributed by atoms with van der Waals surface area (Å²) in [5.74, 6) is 0. The van der Waals surface area contributed by atoms with Crippen LogP contribution in [0.3, 0.4) is 0 Å². The third kappa shape index (κ3) is 2.86. The van der Waals surface area contributed by atoms with E-state index in [-0.39, 0.29) is 0 Å². The SMILES string of the molecule is CCP(c1ccccc1)(c1ccccc1)(c1ccccc1)c1cc(C)cc(C)c1. The van der Waals surface area contributed by atoms with Crippen molar-refractivity contribution in [3.8, 4) is 0 Å². The van der Waals surface area contributed by atoms with Gasteiger partial charge < -0.3 is 0 Å². The molecule has 0 fully saturated rings. The van der Waals surface area contributed by atoms with Gasteiger partial charge in [0.15, 0.2) is 0 Å². The molecular weight excluding hydrogens is 367 g/mol. The molecule has 29 heavy (non-hydrogen) atoms. The molecule has 0 unspecified atom stereocenters. The van der Waals surface area contributed by atoms with Crippen LogP contribution in [0, 0.1) is 13.8 Å². The predicted octanol–water partition coefficient (Wildman–Crippen LogP) is 5.48. The second kappa shape index (κ2) is 7.62. The van der Waals surface area contributed by atoms with Gasteiger partial charge >= 0.3 is 175 Å². The van der Waals surface area contributed by atoms with Crippen LogP contribution in [0.5, 0.6) is 0 Å². The Labute approximate surface area is 175 Å². The van der Waals surface area contributed by atoms with E-state index < -0.39 is 6.60 Å². The van der Waals surface area contributed by atoms with Gasteiger partial charge in [-0.05, 0) is 0 Å². The average Bonchev–Trinajstić information content (AvgIpc) is 2.77. The van der Waals surface area contributed by atoms with E-state index in [1.165, 1.54) is 32.3 Å². The molecule has 0 saturated carbocycles. The van der Waals surface area contributed by atoms with Crippen molar-refractivity contribution in [2.24, 2.45) is 0 Å². The Kier molecular flexibility index (Phi) is 5.15. The van der Waals surface area contributed by atoms with E-state index in [0.29, 0.717) is 0 Å². The Morgan fingerprint density at radius 1 is 0.483 bits per heavy atom. The Morgan fingerprint density at radius 2 is 0.828 bits per heavy atom. The summed E-state index contributed by atoms with van der Waals surface area (Å²) in [7, 11) is 0. The summed E-state index contributed by atoms with van der Waals surface area (Å²) in [6, 6.07) is 40.8. The molecule has 0 nitrogen and oxygen atoms in total. The zero-order chi connectivity index (χ0) is 20.3. The molecule has 4 aromatic rings. The molecule has 0 bridgehead atoms. The monoisotopic (exact) mass is 396 g/mol. The maximum atomic E-state index is 2.43. The predicted molar refractivity (Wildman–Crippen MR) is 131 cm³/mol. The first kappa shape index (κ1) is 19.6. The fourth-order valence-corrected chi connectivity index (χ4v) is 11.8. The third-order valence-corrected chi connectivity index (χ3v) is 13.4. The molecule has 0 aliphatic rings. The summed E-state index contributed by atoms with van der Waals surface area (Å²) in [5, 5.41) is 5.76. The van der Waals surface area contributed by atoms with Crippen molar-refractivity contribution in [3.05, 3.63) is 120 Å². The van der Waals surface area contributed by atoms with E-state index in [0.717, 1.165) is 6.16 Å². The molecule has 0 aromatic heterocycles. The quantitative estimate of drug-likeness (QED) is 0.392. The van der Waals surface area contributed by atoms with Gasteiger partial charge in [0.05, 0.1) is 0 Å². The Balaban J connectivity index is 2.30. The topological polar surface area (TPSA) is 0 Å². The van der Waals surface area contributed by atoms with Crippen LogP contribution in [0.2, 0.25) is 0 Å². The number of hydrogen-bond acceptors (Lipinski definition) is 0. The molecule has 0 aliphatic carbocycles. The number of hydrogen-bond donors (Lipinski definition) is 0. The number of rotatable bonds is 5. The van der Waals surface area contributed by atoms with Crippen LogP contribution < -0.4 is 21.2 Å². The molecule has 0 spiro atoms. The summed E-state index contributed by atoms with van der Waals surface area (Å²) >= 11 is 0. The molecule has 0 amide bonds. The second-order valence-corrected chi connectivity index (χ2v) is 13.3. The molecule has 146 valence electrons. The first-order valence-corrected chi connectivity index (χ1v) is 12.8. The molecule has 0 saturated heterocycles. The van der Waals surface area contributed by atoms with Crippen molar-refractivity contribution in [2.75, 3.05) is 6.16 Å². The standard InChI is InChI=1S/C28H29P/c1-4-29(25-14-8-5-9-15-25,26-16-10-6-11-17-26,27-18-12-7-13-19-27)28-21-23(2)20-24(3)22-28/h5-22H,4H2,1-3H3. The van der Waals surface area contributed by atoms with Gasteiger partial charge in [0.1, 0.15) is 0 Å². The molecule has 0 radical (unpaired) electrons. The van der Waals surface area contributed by atoms with Crippen LogP contribution in [0.25, 0.3) is 0 Å². The van der Waals surface area contributed by atoms with Crippen LogP contribution in [-0.2, 0) is 0 Å². The average molecular weight is 397 g/mol. The van der Waals surface area contributed by atoms with Gasteiger partial charge in [0.2, 0.25) is 0 Å². The molecule has 0 N–H and O–H groups in total. The first-order valence-electron chi connectivity index (χ1n) is 10.4. The van der Waals surface area contributed by atoms with Crippen LogP contribution in [-0.4, -0.2) is 6.16 Å². The van der Waals surface area contributed by atoms with Gasteiger partial charge in [-0.25, -0.2) is 0 Å². The van der Waals surface area contributed by atoms with Crippen LogP contribution in [0.1, 0.15) is 18.1 Å². The molecule has 1 heteroatoms. The van der Waals surface area contributed by atoms with E-state index in [9.17, 15) is 0 Å². The summed E-state index contributed by atoms with van der Waals surface area (Å²) in [4.78, 5) is 0. The van der Waals surface area contributed by atoms with E-state index in [1.807, 2.05) is 0 Å². The van der Waals surface area contributed by atoms with E-state index >= 15 is 0 Å². The normalized spacial score (nSPS) is 12.9. The van der Waals surface area contributed by atoms with Crippen molar-refractivity contribution in [3.63, 3.8) is 0 Å². The van der Waals surface area contributed by atoms with Gasteiger partial charge in [0.25, 0.3) is 0 Å². The molecular formula is C28H29P. The third-order valence-electron chi connectivity index (χ3n) is 6.39. The van der Waals surface area contributed by atoms with Crippen LogP contribution in [0.15, 0.2) is 109 Å². The molecule has 0 heterocycles. The minimum atomic E-state index is -2.91.